The average molecular weight is 441 g/mol. The van der Waals surface area contributed by atoms with Crippen LogP contribution in [0.1, 0.15) is 122 Å². The van der Waals surface area contributed by atoms with Crippen LogP contribution < -0.4 is 69.3 Å². The van der Waals surface area contributed by atoms with E-state index in [9.17, 15) is 19.8 Å². The predicted octanol–water partition coefficient (Wildman–Crippen LogP) is -1.29. The van der Waals surface area contributed by atoms with E-state index in [1.165, 1.54) is 77.0 Å². The molecule has 0 radical (unpaired) electrons. The molecule has 6 heteroatoms. The van der Waals surface area contributed by atoms with Gasteiger partial charge in [0.2, 0.25) is 0 Å². The van der Waals surface area contributed by atoms with E-state index in [0.29, 0.717) is 12.8 Å². The zero-order valence-corrected chi connectivity index (χ0v) is 24.1. The van der Waals surface area contributed by atoms with Crippen LogP contribution in [0.15, 0.2) is 12.2 Å². The second kappa shape index (κ2) is 27.7. The number of carboxylic acids is 2. The summed E-state index contributed by atoms with van der Waals surface area (Å²) in [6.45, 7) is 2.26. The molecule has 0 aliphatic heterocycles. The van der Waals surface area contributed by atoms with Gasteiger partial charge in [-0.1, -0.05) is 96.1 Å². The van der Waals surface area contributed by atoms with E-state index in [1.54, 1.807) is 0 Å². The molecule has 4 nitrogen and oxygen atoms in total. The molecule has 0 fully saturated rings. The predicted molar refractivity (Wildman–Crippen MR) is 111 cm³/mol. The SMILES string of the molecule is CCCCCCCCCCCCCC/C=C/CCCCC(CC(=O)[O-])C(=O)[O-].[Na+].[Na+]. The molecule has 0 N–H and O–H groups in total. The first-order chi connectivity index (χ1) is 13.6. The van der Waals surface area contributed by atoms with Gasteiger partial charge < -0.3 is 19.8 Å². The molecule has 1 unspecified atom stereocenters. The van der Waals surface area contributed by atoms with Crippen LogP contribution in [0.3, 0.4) is 0 Å². The number of rotatable bonds is 21. The van der Waals surface area contributed by atoms with Crippen LogP contribution in [0.5, 0.6) is 0 Å². The van der Waals surface area contributed by atoms with Gasteiger partial charge in [0.25, 0.3) is 0 Å². The molecule has 0 saturated heterocycles. The Morgan fingerprint density at radius 2 is 1.07 bits per heavy atom. The largest absolute Gasteiger partial charge is 1.00 e. The van der Waals surface area contributed by atoms with Crippen molar-refractivity contribution in [3.63, 3.8) is 0 Å². The summed E-state index contributed by atoms with van der Waals surface area (Å²) in [4.78, 5) is 21.3. The Morgan fingerprint density at radius 1 is 0.667 bits per heavy atom. The van der Waals surface area contributed by atoms with Crippen molar-refractivity contribution in [2.75, 3.05) is 0 Å². The van der Waals surface area contributed by atoms with Crippen molar-refractivity contribution in [2.45, 2.75) is 122 Å². The van der Waals surface area contributed by atoms with E-state index in [2.05, 4.69) is 19.1 Å². The zero-order valence-electron chi connectivity index (χ0n) is 20.1. The normalized spacial score (nSPS) is 11.6. The Morgan fingerprint density at radius 3 is 1.47 bits per heavy atom. The number of carbonyl (C=O) groups excluding carboxylic acids is 2. The summed E-state index contributed by atoms with van der Waals surface area (Å²) in [6, 6.07) is 0. The van der Waals surface area contributed by atoms with Crippen LogP contribution in [0.4, 0.5) is 0 Å². The molecule has 0 aromatic rings. The molecule has 0 aromatic carbocycles. The average Bonchev–Trinajstić information content (AvgIpc) is 2.65. The van der Waals surface area contributed by atoms with E-state index >= 15 is 0 Å². The maximum atomic E-state index is 10.8. The summed E-state index contributed by atoms with van der Waals surface area (Å²) in [7, 11) is 0. The maximum absolute atomic E-state index is 10.8. The third-order valence-electron chi connectivity index (χ3n) is 5.31. The van der Waals surface area contributed by atoms with Crippen molar-refractivity contribution in [3.8, 4) is 0 Å². The van der Waals surface area contributed by atoms with Crippen molar-refractivity contribution in [3.05, 3.63) is 12.2 Å². The molecule has 164 valence electrons. The standard InChI is InChI=1S/C24H44O4.2Na/c1-2-3-4-5-6-7-8-9-10-11-12-13-14-15-16-17-18-19-20-22(24(27)28)21-23(25)26;;/h15-16,22H,2-14,17-21H2,1H3,(H,25,26)(H,27,28);;/q;2*+1/p-2/b16-15+;;. The number of aliphatic carboxylic acids is 2. The van der Waals surface area contributed by atoms with E-state index in [0.717, 1.165) is 19.3 Å². The molecule has 0 aliphatic carbocycles. The molecular formula is C24H42Na2O4. The third-order valence-corrected chi connectivity index (χ3v) is 5.31. The Labute approximate surface area is 229 Å². The van der Waals surface area contributed by atoms with Crippen molar-refractivity contribution in [1.29, 1.82) is 0 Å². The van der Waals surface area contributed by atoms with Gasteiger partial charge in [-0.2, -0.15) is 0 Å². The van der Waals surface area contributed by atoms with Crippen LogP contribution in [0.25, 0.3) is 0 Å². The van der Waals surface area contributed by atoms with Gasteiger partial charge in [-0.15, -0.1) is 0 Å². The van der Waals surface area contributed by atoms with E-state index in [1.807, 2.05) is 0 Å². The third kappa shape index (κ3) is 26.7. The quantitative estimate of drug-likeness (QED) is 0.126. The number of allylic oxidation sites excluding steroid dienone is 2. The summed E-state index contributed by atoms with van der Waals surface area (Å²) >= 11 is 0. The van der Waals surface area contributed by atoms with Crippen LogP contribution in [0.2, 0.25) is 0 Å². The van der Waals surface area contributed by atoms with Gasteiger partial charge in [-0.25, -0.2) is 0 Å². The number of unbranched alkanes of at least 4 members (excludes halogenated alkanes) is 14. The second-order valence-electron chi connectivity index (χ2n) is 8.03. The van der Waals surface area contributed by atoms with Crippen LogP contribution in [-0.4, -0.2) is 11.9 Å². The molecular weight excluding hydrogens is 398 g/mol. The first kappa shape index (κ1) is 35.3. The van der Waals surface area contributed by atoms with Gasteiger partial charge in [-0.05, 0) is 38.5 Å². The molecule has 0 rings (SSSR count). The second-order valence-corrected chi connectivity index (χ2v) is 8.03. The van der Waals surface area contributed by atoms with Gasteiger partial charge in [0.05, 0.1) is 0 Å². The first-order valence-electron chi connectivity index (χ1n) is 11.6. The number of carbonyl (C=O) groups is 2. The van der Waals surface area contributed by atoms with Crippen molar-refractivity contribution in [2.24, 2.45) is 5.92 Å². The zero-order chi connectivity index (χ0) is 20.9. The van der Waals surface area contributed by atoms with Crippen molar-refractivity contribution in [1.82, 2.24) is 0 Å². The van der Waals surface area contributed by atoms with E-state index in [-0.39, 0.29) is 59.1 Å². The van der Waals surface area contributed by atoms with Gasteiger partial charge >= 0.3 is 59.1 Å². The van der Waals surface area contributed by atoms with Gasteiger partial charge in [0, 0.05) is 17.9 Å². The Bertz CT molecular complexity index is 414. The fraction of sp³-hybridized carbons (Fsp3) is 0.833. The fourth-order valence-corrected chi connectivity index (χ4v) is 3.50. The topological polar surface area (TPSA) is 80.3 Å². The molecule has 0 spiro atoms. The molecule has 0 saturated carbocycles. The molecule has 0 amide bonds. The molecule has 30 heavy (non-hydrogen) atoms. The minimum absolute atomic E-state index is 0. The molecule has 0 heterocycles. The summed E-state index contributed by atoms with van der Waals surface area (Å²) in [5, 5.41) is 21.3. The fourth-order valence-electron chi connectivity index (χ4n) is 3.50. The first-order valence-corrected chi connectivity index (χ1v) is 11.6. The summed E-state index contributed by atoms with van der Waals surface area (Å²) in [5.41, 5.74) is 0. The van der Waals surface area contributed by atoms with Crippen LogP contribution in [-0.2, 0) is 9.59 Å². The molecule has 1 atom stereocenters. The molecule has 0 aliphatic rings. The number of hydrogen-bond donors (Lipinski definition) is 0. The summed E-state index contributed by atoms with van der Waals surface area (Å²) < 4.78 is 0. The Hall–Kier alpha value is 0.680. The van der Waals surface area contributed by atoms with Gasteiger partial charge in [-0.3, -0.25) is 0 Å². The van der Waals surface area contributed by atoms with Crippen molar-refractivity contribution >= 4 is 11.9 Å². The summed E-state index contributed by atoms with van der Waals surface area (Å²) in [5.74, 6) is -3.53. The van der Waals surface area contributed by atoms with Crippen LogP contribution in [0, 0.1) is 5.92 Å². The number of hydrogen-bond acceptors (Lipinski definition) is 4. The smallest absolute Gasteiger partial charge is 0.550 e. The van der Waals surface area contributed by atoms with E-state index < -0.39 is 24.3 Å². The molecule has 0 bridgehead atoms. The summed E-state index contributed by atoms with van der Waals surface area (Å²) in [6.07, 6.45) is 24.3. The molecule has 0 aromatic heterocycles. The van der Waals surface area contributed by atoms with E-state index in [4.69, 9.17) is 0 Å². The van der Waals surface area contributed by atoms with Crippen molar-refractivity contribution < 1.29 is 78.9 Å². The minimum Gasteiger partial charge on any atom is -0.550 e. The van der Waals surface area contributed by atoms with Gasteiger partial charge in [0.15, 0.2) is 0 Å². The minimum atomic E-state index is -1.32. The van der Waals surface area contributed by atoms with Gasteiger partial charge in [0.1, 0.15) is 0 Å². The Balaban J connectivity index is -0.00000364. The monoisotopic (exact) mass is 440 g/mol. The maximum Gasteiger partial charge on any atom is 1.00 e. The Kier molecular flexibility index (Phi) is 32.6. The number of carboxylic acid groups (broad SMARTS) is 2. The van der Waals surface area contributed by atoms with Crippen LogP contribution >= 0.6 is 0 Å².